The molecule has 0 spiro atoms. The van der Waals surface area contributed by atoms with Crippen LogP contribution < -0.4 is 5.56 Å². The maximum Gasteiger partial charge on any atom is 0.253 e. The Bertz CT molecular complexity index is 1810. The van der Waals surface area contributed by atoms with Gasteiger partial charge >= 0.3 is 0 Å². The summed E-state index contributed by atoms with van der Waals surface area (Å²) in [5, 5.41) is 14.4. The minimum Gasteiger partial charge on any atom is -0.467 e. The molecule has 3 heterocycles. The van der Waals surface area contributed by atoms with Crippen molar-refractivity contribution in [3.8, 4) is 0 Å². The highest BCUT2D eigenvalue weighted by molar-refractivity contribution is 6.31. The van der Waals surface area contributed by atoms with E-state index in [1.54, 1.807) is 10.9 Å². The number of fused-ring (bicyclic) bond motifs is 1. The Balaban J connectivity index is 1.54. The van der Waals surface area contributed by atoms with Crippen molar-refractivity contribution in [2.45, 2.75) is 39.0 Å². The number of nitrogens with zero attached hydrogens (tertiary/aromatic N) is 5. The number of nitrogens with one attached hydrogen (secondary N) is 1. The molecule has 6 aromatic rings. The maximum absolute atomic E-state index is 13.8. The topological polar surface area (TPSA) is 92.8 Å². The summed E-state index contributed by atoms with van der Waals surface area (Å²) >= 11 is 6.66. The van der Waals surface area contributed by atoms with Crippen LogP contribution in [0.1, 0.15) is 46.8 Å². The molecule has 1 atom stereocenters. The first-order chi connectivity index (χ1) is 20.1. The molecule has 0 fully saturated rings. The lowest BCUT2D eigenvalue weighted by atomic mass is 10.00. The van der Waals surface area contributed by atoms with E-state index in [0.717, 1.165) is 28.5 Å². The highest BCUT2D eigenvalue weighted by Crippen LogP contribution is 2.32. The molecule has 1 N–H and O–H groups in total. The summed E-state index contributed by atoms with van der Waals surface area (Å²) in [6.45, 7) is 3.42. The van der Waals surface area contributed by atoms with Gasteiger partial charge in [0.05, 0.1) is 6.26 Å². The molecule has 0 bridgehead atoms. The summed E-state index contributed by atoms with van der Waals surface area (Å²) in [6.07, 6.45) is 2.51. The van der Waals surface area contributed by atoms with Crippen molar-refractivity contribution in [2.24, 2.45) is 0 Å². The normalized spacial score (nSPS) is 12.3. The number of tetrazole rings is 1. The van der Waals surface area contributed by atoms with Crippen LogP contribution in [0, 0.1) is 0 Å². The zero-order chi connectivity index (χ0) is 28.2. The lowest BCUT2D eigenvalue weighted by Gasteiger charge is -2.31. The van der Waals surface area contributed by atoms with Crippen molar-refractivity contribution in [1.29, 1.82) is 0 Å². The Morgan fingerprint density at radius 2 is 1.78 bits per heavy atom. The number of aryl methyl sites for hydroxylation is 1. The van der Waals surface area contributed by atoms with Gasteiger partial charge in [0.1, 0.15) is 18.3 Å². The van der Waals surface area contributed by atoms with Gasteiger partial charge in [0.25, 0.3) is 5.56 Å². The van der Waals surface area contributed by atoms with E-state index in [1.807, 2.05) is 72.8 Å². The fraction of sp³-hybridized carbons (Fsp3) is 0.188. The maximum atomic E-state index is 13.8. The van der Waals surface area contributed by atoms with Crippen LogP contribution in [0.3, 0.4) is 0 Å². The first-order valence-corrected chi connectivity index (χ1v) is 13.9. The molecule has 0 amide bonds. The zero-order valence-electron chi connectivity index (χ0n) is 22.6. The number of hydrogen-bond acceptors (Lipinski definition) is 6. The quantitative estimate of drug-likeness (QED) is 0.214. The molecule has 8 nitrogen and oxygen atoms in total. The highest BCUT2D eigenvalue weighted by Gasteiger charge is 2.31. The van der Waals surface area contributed by atoms with E-state index in [2.05, 4.69) is 50.5 Å². The Hall–Kier alpha value is -4.53. The van der Waals surface area contributed by atoms with Gasteiger partial charge in [-0.25, -0.2) is 4.68 Å². The number of halogens is 1. The number of pyridine rings is 1. The molecule has 206 valence electrons. The number of aromatic amines is 1. The first kappa shape index (κ1) is 26.7. The number of hydrogen-bond donors (Lipinski definition) is 1. The van der Waals surface area contributed by atoms with Gasteiger partial charge in [0, 0.05) is 29.2 Å². The van der Waals surface area contributed by atoms with E-state index in [9.17, 15) is 4.79 Å². The van der Waals surface area contributed by atoms with Gasteiger partial charge in [0.15, 0.2) is 5.82 Å². The second kappa shape index (κ2) is 11.9. The van der Waals surface area contributed by atoms with Crippen LogP contribution in [0.25, 0.3) is 10.9 Å². The predicted molar refractivity (Wildman–Crippen MR) is 159 cm³/mol. The average molecular weight is 565 g/mol. The monoisotopic (exact) mass is 564 g/mol. The number of furan rings is 1. The summed E-state index contributed by atoms with van der Waals surface area (Å²) in [4.78, 5) is 19.1. The Labute approximate surface area is 242 Å². The van der Waals surface area contributed by atoms with Gasteiger partial charge in [-0.15, -0.1) is 5.10 Å². The van der Waals surface area contributed by atoms with E-state index in [1.165, 1.54) is 5.56 Å². The van der Waals surface area contributed by atoms with Crippen molar-refractivity contribution in [1.82, 2.24) is 30.1 Å². The van der Waals surface area contributed by atoms with Gasteiger partial charge < -0.3 is 9.40 Å². The Kier molecular flexibility index (Phi) is 7.75. The second-order valence-electron chi connectivity index (χ2n) is 9.99. The van der Waals surface area contributed by atoms with E-state index in [0.29, 0.717) is 41.8 Å². The number of H-pyrrole nitrogens is 1. The molecule has 0 aliphatic heterocycles. The second-order valence-corrected chi connectivity index (χ2v) is 10.4. The smallest absolute Gasteiger partial charge is 0.253 e. The SMILES string of the molecule is CCc1ccc2[nH]c(=O)c([C@@H](c3nnnn3Cc3ccco3)N(Cc3ccccc3)Cc3ccccc3Cl)cc2c1. The van der Waals surface area contributed by atoms with Gasteiger partial charge in [-0.3, -0.25) is 9.69 Å². The van der Waals surface area contributed by atoms with Crippen molar-refractivity contribution in [3.63, 3.8) is 0 Å². The predicted octanol–water partition coefficient (Wildman–Crippen LogP) is 6.16. The summed E-state index contributed by atoms with van der Waals surface area (Å²) in [5.74, 6) is 1.24. The Morgan fingerprint density at radius 3 is 2.56 bits per heavy atom. The van der Waals surface area contributed by atoms with E-state index < -0.39 is 6.04 Å². The van der Waals surface area contributed by atoms with Crippen LogP contribution in [0.15, 0.2) is 106 Å². The van der Waals surface area contributed by atoms with Crippen LogP contribution >= 0.6 is 11.6 Å². The highest BCUT2D eigenvalue weighted by atomic mass is 35.5. The number of benzene rings is 3. The van der Waals surface area contributed by atoms with Crippen LogP contribution in [-0.2, 0) is 26.1 Å². The molecule has 0 aliphatic rings. The van der Waals surface area contributed by atoms with E-state index >= 15 is 0 Å². The number of aromatic nitrogens is 5. The van der Waals surface area contributed by atoms with Gasteiger partial charge in [0.2, 0.25) is 0 Å². The molecule has 0 saturated heterocycles. The number of rotatable bonds is 10. The molecule has 9 heteroatoms. The lowest BCUT2D eigenvalue weighted by Crippen LogP contribution is -2.35. The average Bonchev–Trinajstić information content (AvgIpc) is 3.68. The third kappa shape index (κ3) is 5.84. The van der Waals surface area contributed by atoms with Crippen molar-refractivity contribution in [2.75, 3.05) is 0 Å². The molecule has 0 saturated carbocycles. The van der Waals surface area contributed by atoms with Gasteiger partial charge in [-0.2, -0.15) is 0 Å². The summed E-state index contributed by atoms with van der Waals surface area (Å²) < 4.78 is 7.30. The standard InChI is InChI=1S/C32H29ClN6O2/c1-2-22-14-15-29-25(17-22)18-27(32(40)34-29)30(31-35-36-37-39(31)21-26-12-8-16-41-26)38(19-23-9-4-3-5-10-23)20-24-11-6-7-13-28(24)33/h3-18,30H,2,19-21H2,1H3,(H,34,40)/t30-/m0/s1. The van der Waals surface area contributed by atoms with Crippen molar-refractivity contribution in [3.05, 3.63) is 146 Å². The Morgan fingerprint density at radius 1 is 0.951 bits per heavy atom. The summed E-state index contributed by atoms with van der Waals surface area (Å²) in [5.41, 5.74) is 4.34. The van der Waals surface area contributed by atoms with Crippen LogP contribution in [0.5, 0.6) is 0 Å². The van der Waals surface area contributed by atoms with Crippen molar-refractivity contribution < 1.29 is 4.42 Å². The fourth-order valence-electron chi connectivity index (χ4n) is 5.17. The van der Waals surface area contributed by atoms with E-state index in [-0.39, 0.29) is 5.56 Å². The van der Waals surface area contributed by atoms with Crippen LogP contribution in [0.2, 0.25) is 5.02 Å². The van der Waals surface area contributed by atoms with Crippen LogP contribution in [-0.4, -0.2) is 30.1 Å². The summed E-state index contributed by atoms with van der Waals surface area (Å²) in [7, 11) is 0. The molecule has 0 radical (unpaired) electrons. The molecule has 0 unspecified atom stereocenters. The van der Waals surface area contributed by atoms with E-state index in [4.69, 9.17) is 16.0 Å². The lowest BCUT2D eigenvalue weighted by molar-refractivity contribution is 0.193. The van der Waals surface area contributed by atoms with Crippen LogP contribution in [0.4, 0.5) is 0 Å². The molecular weight excluding hydrogens is 536 g/mol. The molecule has 3 aromatic carbocycles. The zero-order valence-corrected chi connectivity index (χ0v) is 23.3. The molecule has 0 aliphatic carbocycles. The largest absolute Gasteiger partial charge is 0.467 e. The third-order valence-electron chi connectivity index (χ3n) is 7.25. The fourth-order valence-corrected chi connectivity index (χ4v) is 5.36. The molecule has 3 aromatic heterocycles. The molecular formula is C32H29ClN6O2. The minimum absolute atomic E-state index is 0.198. The van der Waals surface area contributed by atoms with Gasteiger partial charge in [-0.05, 0) is 75.3 Å². The van der Waals surface area contributed by atoms with Gasteiger partial charge in [-0.1, -0.05) is 73.1 Å². The third-order valence-corrected chi connectivity index (χ3v) is 7.62. The molecule has 41 heavy (non-hydrogen) atoms. The van der Waals surface area contributed by atoms with Crippen molar-refractivity contribution >= 4 is 22.5 Å². The molecule has 6 rings (SSSR count). The summed E-state index contributed by atoms with van der Waals surface area (Å²) in [6, 6.07) is 29.1. The minimum atomic E-state index is -0.602. The first-order valence-electron chi connectivity index (χ1n) is 13.5.